The molecule has 2 heterocycles. The van der Waals surface area contributed by atoms with Crippen LogP contribution in [0, 0.1) is 23.1 Å². The van der Waals surface area contributed by atoms with E-state index >= 15 is 0 Å². The van der Waals surface area contributed by atoms with Gasteiger partial charge in [0.1, 0.15) is 29.1 Å². The third-order valence-electron chi connectivity index (χ3n) is 5.09. The number of rotatable bonds is 3. The zero-order valence-corrected chi connectivity index (χ0v) is 17.6. The summed E-state index contributed by atoms with van der Waals surface area (Å²) in [6, 6.07) is 7.52. The second-order valence-electron chi connectivity index (χ2n) is 8.30. The van der Waals surface area contributed by atoms with Crippen LogP contribution in [0.5, 0.6) is 0 Å². The van der Waals surface area contributed by atoms with Crippen LogP contribution in [0.3, 0.4) is 0 Å². The minimum absolute atomic E-state index is 0.177. The Hall–Kier alpha value is -3.08. The van der Waals surface area contributed by atoms with Gasteiger partial charge < -0.3 is 19.3 Å². The summed E-state index contributed by atoms with van der Waals surface area (Å²) in [5.41, 5.74) is 0.564. The lowest BCUT2D eigenvalue weighted by Gasteiger charge is -2.40. The van der Waals surface area contributed by atoms with Gasteiger partial charge in [-0.25, -0.2) is 9.18 Å². The number of carbonyl (C=O) groups is 2. The van der Waals surface area contributed by atoms with Crippen LogP contribution in [-0.2, 0) is 14.3 Å². The van der Waals surface area contributed by atoms with Crippen LogP contribution >= 0.6 is 0 Å². The van der Waals surface area contributed by atoms with Gasteiger partial charge in [-0.05, 0) is 45.4 Å². The van der Waals surface area contributed by atoms with Crippen molar-refractivity contribution in [1.82, 2.24) is 9.80 Å². The van der Waals surface area contributed by atoms with Crippen molar-refractivity contribution < 1.29 is 23.5 Å². The predicted octanol–water partition coefficient (Wildman–Crippen LogP) is 3.17. The number of benzene rings is 1. The van der Waals surface area contributed by atoms with Crippen molar-refractivity contribution in [2.75, 3.05) is 26.2 Å². The second kappa shape index (κ2) is 8.34. The first-order valence-electron chi connectivity index (χ1n) is 9.97. The molecule has 0 bridgehead atoms. The number of hydrogen-bond donors (Lipinski definition) is 0. The number of halogens is 1. The smallest absolute Gasteiger partial charge is 0.410 e. The molecule has 160 valence electrons. The van der Waals surface area contributed by atoms with Gasteiger partial charge >= 0.3 is 12.1 Å². The van der Waals surface area contributed by atoms with E-state index in [1.807, 2.05) is 4.90 Å². The Morgan fingerprint density at radius 3 is 2.63 bits per heavy atom. The van der Waals surface area contributed by atoms with E-state index in [9.17, 15) is 19.2 Å². The van der Waals surface area contributed by atoms with E-state index in [0.29, 0.717) is 29.9 Å². The molecule has 30 heavy (non-hydrogen) atoms. The van der Waals surface area contributed by atoms with Crippen molar-refractivity contribution in [3.05, 3.63) is 41.3 Å². The summed E-state index contributed by atoms with van der Waals surface area (Å²) in [6.07, 6.45) is -0.470. The summed E-state index contributed by atoms with van der Waals surface area (Å²) in [6.45, 7) is 8.15. The zero-order valence-electron chi connectivity index (χ0n) is 17.6. The molecule has 0 spiro atoms. The number of allylic oxidation sites excluding steroid dienone is 1. The molecular formula is C22H26FN3O4. The number of nitrogens with zero attached hydrogens (tertiary/aromatic N) is 3. The summed E-state index contributed by atoms with van der Waals surface area (Å²) < 4.78 is 24.7. The van der Waals surface area contributed by atoms with Crippen molar-refractivity contribution in [1.29, 1.82) is 5.26 Å². The molecule has 8 heteroatoms. The van der Waals surface area contributed by atoms with E-state index in [-0.39, 0.29) is 13.2 Å². The number of fused-ring (bicyclic) bond motifs is 1. The first-order valence-corrected chi connectivity index (χ1v) is 9.97. The first kappa shape index (κ1) is 21.6. The van der Waals surface area contributed by atoms with Crippen molar-refractivity contribution in [3.8, 4) is 6.07 Å². The lowest BCUT2D eigenvalue weighted by atomic mass is 9.88. The molecule has 0 aromatic heterocycles. The van der Waals surface area contributed by atoms with Gasteiger partial charge in [0.15, 0.2) is 0 Å². The van der Waals surface area contributed by atoms with Crippen molar-refractivity contribution >= 4 is 17.6 Å². The quantitative estimate of drug-likeness (QED) is 0.705. The average molecular weight is 415 g/mol. The highest BCUT2D eigenvalue weighted by molar-refractivity contribution is 5.93. The fraction of sp³-hybridized carbons (Fsp3) is 0.500. The number of ether oxygens (including phenoxy) is 2. The van der Waals surface area contributed by atoms with Crippen molar-refractivity contribution in [3.63, 3.8) is 0 Å². The largest absolute Gasteiger partial charge is 0.465 e. The van der Waals surface area contributed by atoms with Gasteiger partial charge in [0, 0.05) is 25.2 Å². The van der Waals surface area contributed by atoms with Crippen molar-refractivity contribution in [2.24, 2.45) is 5.92 Å². The van der Waals surface area contributed by atoms with Crippen LogP contribution in [-0.4, -0.2) is 59.7 Å². The summed E-state index contributed by atoms with van der Waals surface area (Å²) in [4.78, 5) is 28.9. The van der Waals surface area contributed by atoms with Gasteiger partial charge in [-0.2, -0.15) is 5.26 Å². The fourth-order valence-corrected chi connectivity index (χ4v) is 3.96. The summed E-state index contributed by atoms with van der Waals surface area (Å²) in [5, 5.41) is 9.86. The minimum atomic E-state index is -0.813. The monoisotopic (exact) mass is 415 g/mol. The number of nitriles is 1. The first-order chi connectivity index (χ1) is 14.2. The highest BCUT2D eigenvalue weighted by Gasteiger charge is 2.49. The molecule has 1 saturated heterocycles. The SMILES string of the molecule is CCOC(=O)C1C(c2cccc(F)c2)=C(C#N)N2CCN(C(=O)OC(C)(C)C)CC12. The number of carbonyl (C=O) groups excluding carboxylic acids is 2. The van der Waals surface area contributed by atoms with Gasteiger partial charge in [-0.15, -0.1) is 0 Å². The molecule has 2 aliphatic heterocycles. The molecule has 0 saturated carbocycles. The van der Waals surface area contributed by atoms with Gasteiger partial charge in [-0.3, -0.25) is 4.79 Å². The van der Waals surface area contributed by atoms with E-state index in [0.717, 1.165) is 0 Å². The highest BCUT2D eigenvalue weighted by Crippen LogP contribution is 2.42. The third-order valence-corrected chi connectivity index (χ3v) is 5.09. The van der Waals surface area contributed by atoms with E-state index < -0.39 is 35.4 Å². The van der Waals surface area contributed by atoms with Crippen LogP contribution in [0.15, 0.2) is 30.0 Å². The number of piperazine rings is 1. The topological polar surface area (TPSA) is 82.9 Å². The molecule has 2 atom stereocenters. The van der Waals surface area contributed by atoms with Gasteiger partial charge in [0.25, 0.3) is 0 Å². The van der Waals surface area contributed by atoms with Gasteiger partial charge in [0.2, 0.25) is 0 Å². The molecule has 1 amide bonds. The molecule has 1 aromatic carbocycles. The summed E-state index contributed by atoms with van der Waals surface area (Å²) >= 11 is 0. The highest BCUT2D eigenvalue weighted by atomic mass is 19.1. The molecular weight excluding hydrogens is 389 g/mol. The molecule has 0 aliphatic carbocycles. The summed E-state index contributed by atoms with van der Waals surface area (Å²) in [5.74, 6) is -1.77. The average Bonchev–Trinajstić information content (AvgIpc) is 3.00. The maximum atomic E-state index is 13.9. The van der Waals surface area contributed by atoms with Crippen LogP contribution in [0.25, 0.3) is 5.57 Å². The van der Waals surface area contributed by atoms with E-state index in [1.54, 1.807) is 44.7 Å². The Morgan fingerprint density at radius 1 is 1.30 bits per heavy atom. The van der Waals surface area contributed by atoms with Gasteiger partial charge in [-0.1, -0.05) is 12.1 Å². The molecule has 7 nitrogen and oxygen atoms in total. The second-order valence-corrected chi connectivity index (χ2v) is 8.30. The van der Waals surface area contributed by atoms with Crippen LogP contribution in [0.2, 0.25) is 0 Å². The Bertz CT molecular complexity index is 916. The molecule has 0 N–H and O–H groups in total. The fourth-order valence-electron chi connectivity index (χ4n) is 3.96. The van der Waals surface area contributed by atoms with Crippen LogP contribution < -0.4 is 0 Å². The number of esters is 1. The standard InChI is InChI=1S/C22H26FN3O4/c1-5-29-20(27)19-17-13-25(21(28)30-22(2,3)4)9-10-26(17)16(12-24)18(19)14-7-6-8-15(23)11-14/h6-8,11,17,19H,5,9-10,13H2,1-4H3. The lowest BCUT2D eigenvalue weighted by Crippen LogP contribution is -2.56. The zero-order chi connectivity index (χ0) is 22.1. The van der Waals surface area contributed by atoms with Crippen LogP contribution in [0.1, 0.15) is 33.3 Å². The lowest BCUT2D eigenvalue weighted by molar-refractivity contribution is -0.147. The third kappa shape index (κ3) is 4.25. The molecule has 1 aromatic rings. The maximum absolute atomic E-state index is 13.9. The maximum Gasteiger partial charge on any atom is 0.410 e. The Morgan fingerprint density at radius 2 is 2.03 bits per heavy atom. The van der Waals surface area contributed by atoms with Crippen LogP contribution in [0.4, 0.5) is 9.18 Å². The Balaban J connectivity index is 1.99. The van der Waals surface area contributed by atoms with Gasteiger partial charge in [0.05, 0.1) is 12.6 Å². The molecule has 2 unspecified atom stereocenters. The van der Waals surface area contributed by atoms with E-state index in [2.05, 4.69) is 6.07 Å². The van der Waals surface area contributed by atoms with E-state index in [1.165, 1.54) is 12.1 Å². The Labute approximate surface area is 175 Å². The molecule has 3 rings (SSSR count). The predicted molar refractivity (Wildman–Crippen MR) is 107 cm³/mol. The molecule has 1 fully saturated rings. The molecule has 2 aliphatic rings. The number of hydrogen-bond acceptors (Lipinski definition) is 6. The van der Waals surface area contributed by atoms with Crippen molar-refractivity contribution in [2.45, 2.75) is 39.3 Å². The van der Waals surface area contributed by atoms with E-state index in [4.69, 9.17) is 9.47 Å². The summed E-state index contributed by atoms with van der Waals surface area (Å²) in [7, 11) is 0. The Kier molecular flexibility index (Phi) is 6.01. The normalized spacial score (nSPS) is 21.2. The minimum Gasteiger partial charge on any atom is -0.465 e. The molecule has 0 radical (unpaired) electrons. The number of amides is 1.